The van der Waals surface area contributed by atoms with Crippen LogP contribution in [-0.2, 0) is 0 Å². The third-order valence-corrected chi connectivity index (χ3v) is 4.08. The van der Waals surface area contributed by atoms with Crippen LogP contribution in [0.25, 0.3) is 0 Å². The van der Waals surface area contributed by atoms with Gasteiger partial charge in [-0.15, -0.1) is 0 Å². The number of likely N-dealkylation sites (tertiary alicyclic amines) is 1. The van der Waals surface area contributed by atoms with E-state index in [1.807, 2.05) is 0 Å². The van der Waals surface area contributed by atoms with Gasteiger partial charge in [0.15, 0.2) is 0 Å². The quantitative estimate of drug-likeness (QED) is 0.730. The second-order valence-corrected chi connectivity index (χ2v) is 5.31. The van der Waals surface area contributed by atoms with Gasteiger partial charge in [-0.1, -0.05) is 19.8 Å². The fourth-order valence-electron chi connectivity index (χ4n) is 3.12. The molecular weight excluding hydrogens is 172 g/mol. The molecule has 0 aromatic rings. The molecule has 2 rings (SSSR count). The van der Waals surface area contributed by atoms with Crippen LogP contribution in [0.2, 0.25) is 0 Å². The van der Waals surface area contributed by atoms with Crippen molar-refractivity contribution in [3.63, 3.8) is 0 Å². The first-order valence-electron chi connectivity index (χ1n) is 6.23. The molecule has 14 heavy (non-hydrogen) atoms. The third kappa shape index (κ3) is 2.29. The average molecular weight is 196 g/mol. The van der Waals surface area contributed by atoms with Crippen LogP contribution >= 0.6 is 0 Å². The smallest absolute Gasteiger partial charge is 0.00979 e. The second-order valence-electron chi connectivity index (χ2n) is 5.31. The predicted octanol–water partition coefficient (Wildman–Crippen LogP) is 1.85. The lowest BCUT2D eigenvalue weighted by atomic mass is 9.86. The zero-order valence-electron chi connectivity index (χ0n) is 9.41. The highest BCUT2D eigenvalue weighted by molar-refractivity contribution is 4.85. The van der Waals surface area contributed by atoms with E-state index in [1.54, 1.807) is 0 Å². The van der Waals surface area contributed by atoms with Crippen LogP contribution in [0.15, 0.2) is 0 Å². The summed E-state index contributed by atoms with van der Waals surface area (Å²) in [4.78, 5) is 2.70. The fourth-order valence-corrected chi connectivity index (χ4v) is 3.12. The lowest BCUT2D eigenvalue weighted by Gasteiger charge is -2.34. The van der Waals surface area contributed by atoms with E-state index in [1.165, 1.54) is 45.2 Å². The molecule has 0 aromatic carbocycles. The Morgan fingerprint density at radius 3 is 2.79 bits per heavy atom. The first kappa shape index (κ1) is 10.4. The molecule has 0 aromatic heterocycles. The SMILES string of the molecule is CC1CCCC(N2CCC(CN)C2)C1. The zero-order valence-corrected chi connectivity index (χ0v) is 9.41. The van der Waals surface area contributed by atoms with Gasteiger partial charge >= 0.3 is 0 Å². The summed E-state index contributed by atoms with van der Waals surface area (Å²) < 4.78 is 0. The van der Waals surface area contributed by atoms with Crippen molar-refractivity contribution < 1.29 is 0 Å². The summed E-state index contributed by atoms with van der Waals surface area (Å²) in [6.45, 7) is 5.87. The third-order valence-electron chi connectivity index (χ3n) is 4.08. The van der Waals surface area contributed by atoms with Crippen LogP contribution in [0.5, 0.6) is 0 Å². The monoisotopic (exact) mass is 196 g/mol. The maximum absolute atomic E-state index is 5.73. The van der Waals surface area contributed by atoms with Gasteiger partial charge in [-0.3, -0.25) is 0 Å². The van der Waals surface area contributed by atoms with Crippen molar-refractivity contribution in [2.45, 2.75) is 45.1 Å². The Morgan fingerprint density at radius 2 is 2.14 bits per heavy atom. The van der Waals surface area contributed by atoms with E-state index in [4.69, 9.17) is 5.73 Å². The summed E-state index contributed by atoms with van der Waals surface area (Å²) in [7, 11) is 0. The highest BCUT2D eigenvalue weighted by atomic mass is 15.2. The molecule has 0 radical (unpaired) electrons. The minimum atomic E-state index is 0.784. The minimum Gasteiger partial charge on any atom is -0.330 e. The Kier molecular flexibility index (Phi) is 3.45. The molecule has 2 N–H and O–H groups in total. The van der Waals surface area contributed by atoms with Gasteiger partial charge in [0.2, 0.25) is 0 Å². The summed E-state index contributed by atoms with van der Waals surface area (Å²) in [6, 6.07) is 0.885. The highest BCUT2D eigenvalue weighted by Crippen LogP contribution is 2.30. The lowest BCUT2D eigenvalue weighted by molar-refractivity contribution is 0.159. The molecule has 82 valence electrons. The van der Waals surface area contributed by atoms with Crippen LogP contribution in [0.1, 0.15) is 39.0 Å². The minimum absolute atomic E-state index is 0.784. The van der Waals surface area contributed by atoms with Gasteiger partial charge in [0.25, 0.3) is 0 Å². The summed E-state index contributed by atoms with van der Waals surface area (Å²) in [5.74, 6) is 1.73. The van der Waals surface area contributed by atoms with Crippen LogP contribution in [-0.4, -0.2) is 30.6 Å². The Morgan fingerprint density at radius 1 is 1.29 bits per heavy atom. The van der Waals surface area contributed by atoms with E-state index < -0.39 is 0 Å². The van der Waals surface area contributed by atoms with Crippen LogP contribution in [0, 0.1) is 11.8 Å². The van der Waals surface area contributed by atoms with Crippen molar-refractivity contribution in [2.24, 2.45) is 17.6 Å². The van der Waals surface area contributed by atoms with Crippen molar-refractivity contribution in [3.05, 3.63) is 0 Å². The number of hydrogen-bond acceptors (Lipinski definition) is 2. The molecule has 2 aliphatic rings. The summed E-state index contributed by atoms with van der Waals surface area (Å²) in [5.41, 5.74) is 5.73. The Hall–Kier alpha value is -0.0800. The van der Waals surface area contributed by atoms with Crippen molar-refractivity contribution in [2.75, 3.05) is 19.6 Å². The molecule has 1 saturated carbocycles. The van der Waals surface area contributed by atoms with Gasteiger partial charge in [0.1, 0.15) is 0 Å². The van der Waals surface area contributed by atoms with E-state index in [2.05, 4.69) is 11.8 Å². The van der Waals surface area contributed by atoms with Gasteiger partial charge in [-0.05, 0) is 44.2 Å². The van der Waals surface area contributed by atoms with E-state index in [-0.39, 0.29) is 0 Å². The predicted molar refractivity (Wildman–Crippen MR) is 60.2 cm³/mol. The average Bonchev–Trinajstić information content (AvgIpc) is 2.66. The largest absolute Gasteiger partial charge is 0.330 e. The van der Waals surface area contributed by atoms with Crippen molar-refractivity contribution >= 4 is 0 Å². The van der Waals surface area contributed by atoms with Crippen molar-refractivity contribution in [1.82, 2.24) is 4.90 Å². The molecular formula is C12H24N2. The number of rotatable bonds is 2. The van der Waals surface area contributed by atoms with Gasteiger partial charge in [-0.25, -0.2) is 0 Å². The lowest BCUT2D eigenvalue weighted by Crippen LogP contribution is -2.37. The number of nitrogens with two attached hydrogens (primary N) is 1. The molecule has 1 aliphatic heterocycles. The molecule has 3 atom stereocenters. The van der Waals surface area contributed by atoms with Crippen LogP contribution in [0.3, 0.4) is 0 Å². The number of nitrogens with zero attached hydrogens (tertiary/aromatic N) is 1. The zero-order chi connectivity index (χ0) is 9.97. The molecule has 1 saturated heterocycles. The molecule has 0 amide bonds. The van der Waals surface area contributed by atoms with Crippen molar-refractivity contribution in [3.8, 4) is 0 Å². The molecule has 1 heterocycles. The summed E-state index contributed by atoms with van der Waals surface area (Å²) >= 11 is 0. The first-order valence-corrected chi connectivity index (χ1v) is 6.23. The van der Waals surface area contributed by atoms with Gasteiger partial charge in [0, 0.05) is 12.6 Å². The standard InChI is InChI=1S/C12H24N2/c1-10-3-2-4-12(7-10)14-6-5-11(8-13)9-14/h10-12H,2-9,13H2,1H3. The van der Waals surface area contributed by atoms with Crippen molar-refractivity contribution in [1.29, 1.82) is 0 Å². The Labute approximate surface area is 87.8 Å². The molecule has 1 aliphatic carbocycles. The Bertz CT molecular complexity index is 181. The van der Waals surface area contributed by atoms with Gasteiger partial charge in [0.05, 0.1) is 0 Å². The maximum atomic E-state index is 5.73. The van der Waals surface area contributed by atoms with E-state index in [0.29, 0.717) is 0 Å². The summed E-state index contributed by atoms with van der Waals surface area (Å²) in [5, 5.41) is 0. The maximum Gasteiger partial charge on any atom is 0.00979 e. The molecule has 3 unspecified atom stereocenters. The van der Waals surface area contributed by atoms with E-state index in [9.17, 15) is 0 Å². The fraction of sp³-hybridized carbons (Fsp3) is 1.00. The normalized spacial score (nSPS) is 40.3. The van der Waals surface area contributed by atoms with Gasteiger partial charge < -0.3 is 10.6 Å². The second kappa shape index (κ2) is 4.63. The molecule has 2 fully saturated rings. The highest BCUT2D eigenvalue weighted by Gasteiger charge is 2.29. The van der Waals surface area contributed by atoms with Gasteiger partial charge in [-0.2, -0.15) is 0 Å². The number of hydrogen-bond donors (Lipinski definition) is 1. The van der Waals surface area contributed by atoms with Crippen LogP contribution < -0.4 is 5.73 Å². The first-order chi connectivity index (χ1) is 6.79. The Balaban J connectivity index is 1.83. The molecule has 0 spiro atoms. The molecule has 2 nitrogen and oxygen atoms in total. The topological polar surface area (TPSA) is 29.3 Å². The molecule has 2 heteroatoms. The van der Waals surface area contributed by atoms with E-state index in [0.717, 1.165) is 24.4 Å². The van der Waals surface area contributed by atoms with Crippen LogP contribution in [0.4, 0.5) is 0 Å². The van der Waals surface area contributed by atoms with E-state index >= 15 is 0 Å². The molecule has 0 bridgehead atoms. The summed E-state index contributed by atoms with van der Waals surface area (Å²) in [6.07, 6.45) is 7.08.